The zero-order chi connectivity index (χ0) is 14.8. The van der Waals surface area contributed by atoms with Gasteiger partial charge < -0.3 is 4.90 Å². The Hall–Kier alpha value is -1.80. The predicted octanol–water partition coefficient (Wildman–Crippen LogP) is 2.99. The van der Waals surface area contributed by atoms with Crippen molar-refractivity contribution in [2.75, 3.05) is 11.9 Å². The molecular weight excluding hydrogens is 272 g/mol. The Labute approximate surface area is 122 Å². The predicted molar refractivity (Wildman–Crippen MR) is 79.6 cm³/mol. The number of thioether (sulfide) groups is 1. The molecule has 5 heteroatoms. The van der Waals surface area contributed by atoms with Gasteiger partial charge in [0.1, 0.15) is 5.40 Å². The summed E-state index contributed by atoms with van der Waals surface area (Å²) in [6, 6.07) is 7.06. The second-order valence-electron chi connectivity index (χ2n) is 4.83. The van der Waals surface area contributed by atoms with Crippen LogP contribution in [0.2, 0.25) is 0 Å². The first-order chi connectivity index (χ1) is 9.58. The van der Waals surface area contributed by atoms with Crippen molar-refractivity contribution < 1.29 is 9.59 Å². The molecule has 1 aliphatic rings. The number of rotatable bonds is 4. The number of ketones is 1. The zero-order valence-corrected chi connectivity index (χ0v) is 12.4. The highest BCUT2D eigenvalue weighted by Crippen LogP contribution is 2.42. The molecular formula is C15H16N2O2S. The number of hydrogen-bond acceptors (Lipinski definition) is 4. The summed E-state index contributed by atoms with van der Waals surface area (Å²) < 4.78 is -1.28. The minimum Gasteiger partial charge on any atom is -0.313 e. The Morgan fingerprint density at radius 2 is 2.05 bits per heavy atom. The van der Waals surface area contributed by atoms with E-state index < -0.39 is 4.75 Å². The number of carbonyl (C=O) groups is 2. The van der Waals surface area contributed by atoms with Gasteiger partial charge in [-0.1, -0.05) is 31.9 Å². The third kappa shape index (κ3) is 2.10. The fraction of sp³-hybridized carbons (Fsp3) is 0.400. The standard InChI is InChI=1S/C15H16N2O2S/c1-3-4-9-15(20-10-16)13(18)11-7-5-6-8-12(11)17(2)14(15)19/h5-8H,3-4,9H2,1-2H3. The normalized spacial score (nSPS) is 21.6. The Morgan fingerprint density at radius 3 is 2.70 bits per heavy atom. The lowest BCUT2D eigenvalue weighted by Crippen LogP contribution is -2.54. The van der Waals surface area contributed by atoms with Gasteiger partial charge in [-0.05, 0) is 30.3 Å². The van der Waals surface area contributed by atoms with Crippen LogP contribution in [0.25, 0.3) is 0 Å². The molecule has 2 rings (SSSR count). The second-order valence-corrected chi connectivity index (χ2v) is 5.92. The Balaban J connectivity index is 2.56. The number of benzene rings is 1. The van der Waals surface area contributed by atoms with Crippen molar-refractivity contribution >= 4 is 29.1 Å². The summed E-state index contributed by atoms with van der Waals surface area (Å²) in [5, 5.41) is 11.0. The van der Waals surface area contributed by atoms with E-state index >= 15 is 0 Å². The van der Waals surface area contributed by atoms with Crippen molar-refractivity contribution in [1.82, 2.24) is 0 Å². The van der Waals surface area contributed by atoms with E-state index in [1.807, 2.05) is 12.3 Å². The van der Waals surface area contributed by atoms with Crippen LogP contribution in [0.15, 0.2) is 24.3 Å². The quantitative estimate of drug-likeness (QED) is 0.631. The molecule has 1 heterocycles. The summed E-state index contributed by atoms with van der Waals surface area (Å²) in [7, 11) is 1.66. The summed E-state index contributed by atoms with van der Waals surface area (Å²) in [5.74, 6) is -0.530. The molecule has 0 saturated carbocycles. The minimum absolute atomic E-state index is 0.240. The second kappa shape index (κ2) is 5.68. The maximum absolute atomic E-state index is 12.8. The van der Waals surface area contributed by atoms with Gasteiger partial charge in [0, 0.05) is 12.6 Å². The number of Topliss-reactive ketones (excluding diaryl/α,β-unsaturated/α-hetero) is 1. The number of amides is 1. The summed E-state index contributed by atoms with van der Waals surface area (Å²) >= 11 is 0.788. The summed E-state index contributed by atoms with van der Waals surface area (Å²) in [4.78, 5) is 26.9. The van der Waals surface area contributed by atoms with Gasteiger partial charge in [0.15, 0.2) is 10.5 Å². The lowest BCUT2D eigenvalue weighted by molar-refractivity contribution is -0.119. The number of unbranched alkanes of at least 4 members (excludes halogenated alkanes) is 1. The highest BCUT2D eigenvalue weighted by atomic mass is 32.2. The van der Waals surface area contributed by atoms with E-state index in [4.69, 9.17) is 5.26 Å². The molecule has 1 aromatic rings. The molecule has 0 saturated heterocycles. The van der Waals surface area contributed by atoms with Crippen molar-refractivity contribution in [2.24, 2.45) is 0 Å². The molecule has 4 nitrogen and oxygen atoms in total. The number of nitrogens with zero attached hydrogens (tertiary/aromatic N) is 2. The summed E-state index contributed by atoms with van der Waals surface area (Å²) in [6.07, 6.45) is 2.01. The van der Waals surface area contributed by atoms with Crippen molar-refractivity contribution in [3.8, 4) is 5.40 Å². The van der Waals surface area contributed by atoms with Crippen LogP contribution < -0.4 is 4.90 Å². The highest BCUT2D eigenvalue weighted by molar-refractivity contribution is 8.06. The molecule has 1 unspecified atom stereocenters. The van der Waals surface area contributed by atoms with Crippen molar-refractivity contribution in [1.29, 1.82) is 5.26 Å². The van der Waals surface area contributed by atoms with Crippen molar-refractivity contribution in [3.63, 3.8) is 0 Å². The van der Waals surface area contributed by atoms with Gasteiger partial charge in [0.05, 0.1) is 5.69 Å². The molecule has 0 fully saturated rings. The third-order valence-electron chi connectivity index (χ3n) is 3.63. The van der Waals surface area contributed by atoms with E-state index in [-0.39, 0.29) is 11.7 Å². The molecule has 1 amide bonds. The van der Waals surface area contributed by atoms with E-state index in [9.17, 15) is 9.59 Å². The molecule has 1 aromatic carbocycles. The van der Waals surface area contributed by atoms with Crippen LogP contribution in [-0.4, -0.2) is 23.5 Å². The molecule has 1 aliphatic heterocycles. The molecule has 104 valence electrons. The SMILES string of the molecule is CCCCC1(SC#N)C(=O)c2ccccc2N(C)C1=O. The number of para-hydroxylation sites is 1. The van der Waals surface area contributed by atoms with Gasteiger partial charge >= 0.3 is 0 Å². The first-order valence-electron chi connectivity index (χ1n) is 6.57. The van der Waals surface area contributed by atoms with Crippen LogP contribution in [0.5, 0.6) is 0 Å². The highest BCUT2D eigenvalue weighted by Gasteiger charge is 2.52. The van der Waals surface area contributed by atoms with Gasteiger partial charge in [-0.15, -0.1) is 0 Å². The van der Waals surface area contributed by atoms with Crippen molar-refractivity contribution in [3.05, 3.63) is 29.8 Å². The van der Waals surface area contributed by atoms with Gasteiger partial charge in [-0.25, -0.2) is 0 Å². The van der Waals surface area contributed by atoms with Gasteiger partial charge in [-0.3, -0.25) is 9.59 Å². The van der Waals surface area contributed by atoms with Gasteiger partial charge in [-0.2, -0.15) is 5.26 Å². The third-order valence-corrected chi connectivity index (χ3v) is 4.63. The fourth-order valence-electron chi connectivity index (χ4n) is 2.52. The van der Waals surface area contributed by atoms with Crippen LogP contribution in [0.3, 0.4) is 0 Å². The smallest absolute Gasteiger partial charge is 0.252 e. The van der Waals surface area contributed by atoms with Crippen LogP contribution in [0.1, 0.15) is 36.5 Å². The van der Waals surface area contributed by atoms with Gasteiger partial charge in [0.25, 0.3) is 5.91 Å². The molecule has 0 aromatic heterocycles. The number of nitriles is 1. The first-order valence-corrected chi connectivity index (χ1v) is 7.39. The Bertz CT molecular complexity index is 594. The van der Waals surface area contributed by atoms with Crippen LogP contribution in [0, 0.1) is 10.7 Å². The Morgan fingerprint density at radius 1 is 1.35 bits per heavy atom. The average molecular weight is 288 g/mol. The van der Waals surface area contributed by atoms with E-state index in [0.717, 1.165) is 24.6 Å². The number of fused-ring (bicyclic) bond motifs is 1. The molecule has 0 bridgehead atoms. The lowest BCUT2D eigenvalue weighted by Gasteiger charge is -2.37. The van der Waals surface area contributed by atoms with Crippen LogP contribution in [0.4, 0.5) is 5.69 Å². The Kier molecular flexibility index (Phi) is 4.15. The number of hydrogen-bond donors (Lipinski definition) is 0. The molecule has 0 N–H and O–H groups in total. The molecule has 0 spiro atoms. The molecule has 20 heavy (non-hydrogen) atoms. The average Bonchev–Trinajstić information content (AvgIpc) is 2.48. The van der Waals surface area contributed by atoms with Crippen LogP contribution in [-0.2, 0) is 4.79 Å². The first kappa shape index (κ1) is 14.6. The molecule has 0 aliphatic carbocycles. The van der Waals surface area contributed by atoms with Crippen molar-refractivity contribution in [2.45, 2.75) is 30.9 Å². The maximum Gasteiger partial charge on any atom is 0.252 e. The minimum atomic E-state index is -1.28. The topological polar surface area (TPSA) is 61.2 Å². The van der Waals surface area contributed by atoms with E-state index in [1.54, 1.807) is 31.3 Å². The number of anilines is 1. The monoisotopic (exact) mass is 288 g/mol. The zero-order valence-electron chi connectivity index (χ0n) is 11.5. The molecule has 0 radical (unpaired) electrons. The molecule has 1 atom stereocenters. The van der Waals surface area contributed by atoms with E-state index in [2.05, 4.69) is 0 Å². The number of thiocyanates is 1. The van der Waals surface area contributed by atoms with Gasteiger partial charge in [0.2, 0.25) is 0 Å². The number of carbonyl (C=O) groups excluding carboxylic acids is 2. The fourth-order valence-corrected chi connectivity index (χ4v) is 3.35. The van der Waals surface area contributed by atoms with E-state index in [0.29, 0.717) is 17.7 Å². The maximum atomic E-state index is 12.8. The van der Waals surface area contributed by atoms with E-state index in [1.165, 1.54) is 4.90 Å². The van der Waals surface area contributed by atoms with Crippen LogP contribution >= 0.6 is 11.8 Å². The largest absolute Gasteiger partial charge is 0.313 e. The summed E-state index contributed by atoms with van der Waals surface area (Å²) in [6.45, 7) is 2.00. The summed E-state index contributed by atoms with van der Waals surface area (Å²) in [5.41, 5.74) is 1.14. The lowest BCUT2D eigenvalue weighted by atomic mass is 9.86.